The summed E-state index contributed by atoms with van der Waals surface area (Å²) in [5.41, 5.74) is 0.610. The Morgan fingerprint density at radius 3 is 2.38 bits per heavy atom. The summed E-state index contributed by atoms with van der Waals surface area (Å²) in [4.78, 5) is 14.7. The fraction of sp³-hybridized carbons (Fsp3) is 0.667. The van der Waals surface area contributed by atoms with Crippen LogP contribution in [0.5, 0.6) is 0 Å². The van der Waals surface area contributed by atoms with Gasteiger partial charge in [-0.05, 0) is 31.5 Å². The van der Waals surface area contributed by atoms with E-state index in [9.17, 15) is 8.42 Å². The number of rotatable bonds is 4. The van der Waals surface area contributed by atoms with Gasteiger partial charge in [0.25, 0.3) is 0 Å². The summed E-state index contributed by atoms with van der Waals surface area (Å²) in [7, 11) is -3.14. The van der Waals surface area contributed by atoms with Gasteiger partial charge >= 0.3 is 0 Å². The summed E-state index contributed by atoms with van der Waals surface area (Å²) in [6, 6.07) is 2.10. The van der Waals surface area contributed by atoms with Crippen molar-refractivity contribution in [1.82, 2.24) is 19.2 Å². The van der Waals surface area contributed by atoms with Crippen LogP contribution in [0, 0.1) is 0 Å². The molecule has 0 spiro atoms. The van der Waals surface area contributed by atoms with Crippen molar-refractivity contribution in [3.8, 4) is 0 Å². The topological polar surface area (TPSA) is 78.9 Å². The Hall–Kier alpha value is -1.04. The minimum atomic E-state index is -3.14. The number of piperazine rings is 1. The molecule has 0 atom stereocenters. The second-order valence-corrected chi connectivity index (χ2v) is 11.3. The van der Waals surface area contributed by atoms with Gasteiger partial charge in [-0.15, -0.1) is 11.3 Å². The lowest BCUT2D eigenvalue weighted by Gasteiger charge is -2.43. The van der Waals surface area contributed by atoms with Crippen LogP contribution < -0.4 is 4.90 Å². The molecule has 2 aromatic heterocycles. The Morgan fingerprint density at radius 2 is 1.76 bits per heavy atom. The average Bonchev–Trinajstić information content (AvgIpc) is 3.12. The zero-order valence-corrected chi connectivity index (χ0v) is 19.3. The van der Waals surface area contributed by atoms with Crippen LogP contribution in [0.4, 0.5) is 5.82 Å². The molecule has 0 aromatic carbocycles. The summed E-state index contributed by atoms with van der Waals surface area (Å²) in [5, 5.41) is 0.253. The Morgan fingerprint density at radius 1 is 1.10 bits per heavy atom. The third-order valence-electron chi connectivity index (χ3n) is 5.74. The van der Waals surface area contributed by atoms with E-state index in [1.54, 1.807) is 15.6 Å². The minimum Gasteiger partial charge on any atom is -0.378 e. The number of anilines is 1. The molecule has 2 saturated heterocycles. The van der Waals surface area contributed by atoms with Gasteiger partial charge in [-0.25, -0.2) is 13.4 Å². The van der Waals surface area contributed by atoms with Crippen LogP contribution in [0.2, 0.25) is 5.28 Å². The second-order valence-electron chi connectivity index (χ2n) is 7.95. The number of hydrogen-bond acceptors (Lipinski definition) is 8. The lowest BCUT2D eigenvalue weighted by molar-refractivity contribution is 0.0805. The van der Waals surface area contributed by atoms with Crippen LogP contribution in [0.25, 0.3) is 10.2 Å². The maximum atomic E-state index is 11.8. The van der Waals surface area contributed by atoms with Gasteiger partial charge in [-0.2, -0.15) is 9.29 Å². The zero-order chi connectivity index (χ0) is 20.8. The highest BCUT2D eigenvalue weighted by molar-refractivity contribution is 7.88. The fourth-order valence-corrected chi connectivity index (χ4v) is 6.15. The van der Waals surface area contributed by atoms with Gasteiger partial charge in [0.1, 0.15) is 0 Å². The van der Waals surface area contributed by atoms with E-state index in [0.29, 0.717) is 39.4 Å². The largest absolute Gasteiger partial charge is 0.378 e. The molecule has 4 heterocycles. The third-order valence-corrected chi connectivity index (χ3v) is 8.64. The molecule has 29 heavy (non-hydrogen) atoms. The van der Waals surface area contributed by atoms with E-state index in [1.807, 2.05) is 0 Å². The molecule has 2 aliphatic rings. The fourth-order valence-electron chi connectivity index (χ4n) is 3.91. The maximum Gasteiger partial charge on any atom is 0.224 e. The SMILES string of the molecule is CC(C)(c1cc2nc(Cl)nc(N3CCOCC3)c2s1)N1CCN(S(C)(=O)=O)CC1. The van der Waals surface area contributed by atoms with Crippen molar-refractivity contribution < 1.29 is 13.2 Å². The van der Waals surface area contributed by atoms with Crippen LogP contribution >= 0.6 is 22.9 Å². The van der Waals surface area contributed by atoms with E-state index in [0.717, 1.165) is 29.1 Å². The molecule has 11 heteroatoms. The predicted octanol–water partition coefficient (Wildman–Crippen LogP) is 1.99. The highest BCUT2D eigenvalue weighted by Gasteiger charge is 2.35. The monoisotopic (exact) mass is 459 g/mol. The Bertz CT molecular complexity index is 996. The maximum absolute atomic E-state index is 11.8. The first-order chi connectivity index (χ1) is 13.7. The summed E-state index contributed by atoms with van der Waals surface area (Å²) in [5.74, 6) is 0.872. The number of hydrogen-bond donors (Lipinski definition) is 0. The highest BCUT2D eigenvalue weighted by atomic mass is 35.5. The van der Waals surface area contributed by atoms with E-state index in [2.05, 4.69) is 39.7 Å². The van der Waals surface area contributed by atoms with Gasteiger partial charge < -0.3 is 9.64 Å². The molecular formula is C18H26ClN5O3S2. The number of morpholine rings is 1. The number of nitrogens with zero attached hydrogens (tertiary/aromatic N) is 5. The lowest BCUT2D eigenvalue weighted by Crippen LogP contribution is -2.54. The van der Waals surface area contributed by atoms with E-state index >= 15 is 0 Å². The molecule has 4 rings (SSSR count). The summed E-state index contributed by atoms with van der Waals surface area (Å²) in [6.07, 6.45) is 1.27. The smallest absolute Gasteiger partial charge is 0.224 e. The minimum absolute atomic E-state index is 0.246. The van der Waals surface area contributed by atoms with Crippen LogP contribution in [0.15, 0.2) is 6.07 Å². The third kappa shape index (κ3) is 4.24. The molecule has 0 radical (unpaired) electrons. The van der Waals surface area contributed by atoms with E-state index in [-0.39, 0.29) is 10.8 Å². The van der Waals surface area contributed by atoms with E-state index in [1.165, 1.54) is 11.1 Å². The molecule has 8 nitrogen and oxygen atoms in total. The lowest BCUT2D eigenvalue weighted by atomic mass is 9.99. The van der Waals surface area contributed by atoms with Crippen molar-refractivity contribution in [1.29, 1.82) is 0 Å². The highest BCUT2D eigenvalue weighted by Crippen LogP contribution is 2.40. The Balaban J connectivity index is 1.63. The molecule has 0 saturated carbocycles. The number of fused-ring (bicyclic) bond motifs is 1. The quantitative estimate of drug-likeness (QED) is 0.647. The first-order valence-corrected chi connectivity index (χ1v) is 12.7. The number of ether oxygens (including phenoxy) is 1. The van der Waals surface area contributed by atoms with Gasteiger partial charge in [0.2, 0.25) is 15.3 Å². The number of aromatic nitrogens is 2. The van der Waals surface area contributed by atoms with E-state index < -0.39 is 10.0 Å². The van der Waals surface area contributed by atoms with Crippen LogP contribution in [0.3, 0.4) is 0 Å². The summed E-state index contributed by atoms with van der Waals surface area (Å²) >= 11 is 7.92. The van der Waals surface area contributed by atoms with Crippen LogP contribution in [-0.2, 0) is 20.3 Å². The Kier molecular flexibility index (Phi) is 5.77. The average molecular weight is 460 g/mol. The van der Waals surface area contributed by atoms with Gasteiger partial charge in [0.05, 0.1) is 29.7 Å². The van der Waals surface area contributed by atoms with E-state index in [4.69, 9.17) is 16.3 Å². The van der Waals surface area contributed by atoms with Crippen LogP contribution in [-0.4, -0.2) is 86.3 Å². The van der Waals surface area contributed by atoms with Gasteiger partial charge in [-0.3, -0.25) is 4.90 Å². The van der Waals surface area contributed by atoms with Gasteiger partial charge in [0, 0.05) is 49.7 Å². The summed E-state index contributed by atoms with van der Waals surface area (Å²) in [6.45, 7) is 9.69. The van der Waals surface area contributed by atoms with Crippen molar-refractivity contribution in [3.05, 3.63) is 16.2 Å². The summed E-state index contributed by atoms with van der Waals surface area (Å²) < 4.78 is 31.7. The molecule has 2 fully saturated rings. The Labute approximate surface area is 180 Å². The predicted molar refractivity (Wildman–Crippen MR) is 116 cm³/mol. The van der Waals surface area contributed by atoms with Gasteiger partial charge in [-0.1, -0.05) is 0 Å². The van der Waals surface area contributed by atoms with Gasteiger partial charge in [0.15, 0.2) is 5.82 Å². The number of halogens is 1. The molecule has 0 amide bonds. The molecule has 2 aromatic rings. The molecule has 160 valence electrons. The van der Waals surface area contributed by atoms with Crippen molar-refractivity contribution in [3.63, 3.8) is 0 Å². The number of thiophene rings is 1. The molecule has 0 N–H and O–H groups in total. The molecule has 2 aliphatic heterocycles. The number of sulfonamides is 1. The second kappa shape index (κ2) is 7.90. The molecule has 0 bridgehead atoms. The van der Waals surface area contributed by atoms with Crippen molar-refractivity contribution in [2.24, 2.45) is 0 Å². The molecule has 0 unspecified atom stereocenters. The van der Waals surface area contributed by atoms with Crippen molar-refractivity contribution >= 4 is 49.0 Å². The van der Waals surface area contributed by atoms with Crippen LogP contribution in [0.1, 0.15) is 18.7 Å². The normalized spacial score (nSPS) is 20.5. The van der Waals surface area contributed by atoms with Crippen molar-refractivity contribution in [2.75, 3.05) is 63.6 Å². The van der Waals surface area contributed by atoms with Crippen molar-refractivity contribution in [2.45, 2.75) is 19.4 Å². The first kappa shape index (κ1) is 21.2. The molecular weight excluding hydrogens is 434 g/mol. The zero-order valence-electron chi connectivity index (χ0n) is 16.9. The molecule has 0 aliphatic carbocycles. The standard InChI is InChI=1S/C18H26ClN5O3S2/c1-18(2,23-4-6-24(7-5-23)29(3,25)26)14-12-13-15(28-14)16(21-17(19)20-13)22-8-10-27-11-9-22/h12H,4-11H2,1-3H3. The first-order valence-electron chi connectivity index (χ1n) is 9.67.